The van der Waals surface area contributed by atoms with E-state index in [1.807, 2.05) is 0 Å². The van der Waals surface area contributed by atoms with Gasteiger partial charge in [-0.15, -0.1) is 0 Å². The molecule has 1 saturated carbocycles. The maximum Gasteiger partial charge on any atom is 0.124 e. The van der Waals surface area contributed by atoms with Crippen LogP contribution in [0.4, 0.5) is 0 Å². The molecule has 0 N–H and O–H groups in total. The zero-order valence-electron chi connectivity index (χ0n) is 11.3. The van der Waals surface area contributed by atoms with Crippen molar-refractivity contribution in [3.63, 3.8) is 0 Å². The van der Waals surface area contributed by atoms with Crippen LogP contribution in [0.1, 0.15) is 53.9 Å². The molecule has 2 rings (SSSR count). The molecule has 1 nitrogen and oxygen atoms in total. The highest BCUT2D eigenvalue weighted by atomic mass is 16.6. The lowest BCUT2D eigenvalue weighted by Crippen LogP contribution is -2.43. The van der Waals surface area contributed by atoms with Crippen LogP contribution in [0.2, 0.25) is 0 Å². The van der Waals surface area contributed by atoms with E-state index in [1.54, 1.807) is 0 Å². The summed E-state index contributed by atoms with van der Waals surface area (Å²) in [7, 11) is 0. The first-order valence-electron chi connectivity index (χ1n) is 6.30. The van der Waals surface area contributed by atoms with E-state index in [0.29, 0.717) is 0 Å². The fourth-order valence-electron chi connectivity index (χ4n) is 3.94. The van der Waals surface area contributed by atoms with Gasteiger partial charge in [0.25, 0.3) is 0 Å². The first-order valence-corrected chi connectivity index (χ1v) is 6.30. The van der Waals surface area contributed by atoms with Crippen molar-refractivity contribution in [1.29, 1.82) is 0 Å². The van der Waals surface area contributed by atoms with Gasteiger partial charge in [-0.05, 0) is 45.6 Å². The minimum Gasteiger partial charge on any atom is -0.357 e. The molecular weight excluding hydrogens is 196 g/mol. The van der Waals surface area contributed by atoms with Crippen molar-refractivity contribution >= 4 is 0 Å². The molecule has 2 fully saturated rings. The third-order valence-corrected chi connectivity index (χ3v) is 4.51. The van der Waals surface area contributed by atoms with Gasteiger partial charge in [-0.3, -0.25) is 0 Å². The highest BCUT2D eigenvalue weighted by Crippen LogP contribution is 2.68. The zero-order valence-corrected chi connectivity index (χ0v) is 11.3. The van der Waals surface area contributed by atoms with E-state index < -0.39 is 0 Å². The summed E-state index contributed by atoms with van der Waals surface area (Å²) in [6, 6.07) is 0. The quantitative estimate of drug-likeness (QED) is 0.501. The minimum absolute atomic E-state index is 0.0306. The van der Waals surface area contributed by atoms with E-state index >= 15 is 0 Å². The van der Waals surface area contributed by atoms with E-state index in [-0.39, 0.29) is 16.6 Å². The second-order valence-electron chi connectivity index (χ2n) is 6.43. The van der Waals surface area contributed by atoms with Crippen LogP contribution in [0, 0.1) is 5.41 Å². The lowest BCUT2D eigenvalue weighted by Gasteiger charge is -2.39. The molecule has 2 aliphatic rings. The maximum atomic E-state index is 6.22. The van der Waals surface area contributed by atoms with Gasteiger partial charge in [-0.1, -0.05) is 32.1 Å². The minimum atomic E-state index is -0.0306. The summed E-state index contributed by atoms with van der Waals surface area (Å²) in [5, 5.41) is 0. The number of ether oxygens (including phenoxy) is 1. The fourth-order valence-corrected chi connectivity index (χ4v) is 3.94. The molecule has 0 amide bonds. The van der Waals surface area contributed by atoms with Crippen molar-refractivity contribution in [2.45, 2.75) is 65.1 Å². The van der Waals surface area contributed by atoms with Crippen LogP contribution in [0.15, 0.2) is 23.8 Å². The SMILES string of the molecule is C=C(C)/C=C(\C)C12OC1(C)CCCC2(C)C. The molecule has 2 atom stereocenters. The van der Waals surface area contributed by atoms with E-state index in [9.17, 15) is 0 Å². The Balaban J connectivity index is 2.41. The van der Waals surface area contributed by atoms with Gasteiger partial charge in [0.2, 0.25) is 0 Å². The van der Waals surface area contributed by atoms with Crippen LogP contribution in [0.3, 0.4) is 0 Å². The first-order chi connectivity index (χ1) is 7.25. The topological polar surface area (TPSA) is 12.5 Å². The standard InChI is InChI=1S/C15H24O/c1-11(2)10-12(3)15-13(4,5)8-7-9-14(15,6)16-15/h10H,1,7-9H2,2-6H3/b12-10+. The number of rotatable bonds is 2. The van der Waals surface area contributed by atoms with Crippen molar-refractivity contribution in [3.05, 3.63) is 23.8 Å². The summed E-state index contributed by atoms with van der Waals surface area (Å²) in [6.07, 6.45) is 5.92. The van der Waals surface area contributed by atoms with E-state index in [2.05, 4.69) is 47.3 Å². The molecule has 1 heterocycles. The third-order valence-electron chi connectivity index (χ3n) is 4.51. The molecule has 1 aliphatic carbocycles. The number of hydrogen-bond acceptors (Lipinski definition) is 1. The summed E-state index contributed by atoms with van der Waals surface area (Å²) in [5.74, 6) is 0. The Morgan fingerprint density at radius 2 is 1.81 bits per heavy atom. The average molecular weight is 220 g/mol. The van der Waals surface area contributed by atoms with E-state index in [1.165, 1.54) is 24.8 Å². The fraction of sp³-hybridized carbons (Fsp3) is 0.733. The van der Waals surface area contributed by atoms with Crippen LogP contribution in [-0.4, -0.2) is 11.2 Å². The molecule has 0 aromatic heterocycles. The molecular formula is C15H24O. The molecule has 1 heteroatoms. The third kappa shape index (κ3) is 1.34. The van der Waals surface area contributed by atoms with Crippen molar-refractivity contribution in [1.82, 2.24) is 0 Å². The summed E-state index contributed by atoms with van der Waals surface area (Å²) in [5.41, 5.74) is 2.76. The van der Waals surface area contributed by atoms with E-state index in [4.69, 9.17) is 4.74 Å². The summed E-state index contributed by atoms with van der Waals surface area (Å²) in [4.78, 5) is 0. The van der Waals surface area contributed by atoms with Gasteiger partial charge in [-0.25, -0.2) is 0 Å². The lowest BCUT2D eigenvalue weighted by atomic mass is 9.61. The molecule has 0 radical (unpaired) electrons. The molecule has 0 aromatic rings. The van der Waals surface area contributed by atoms with Crippen molar-refractivity contribution in [3.8, 4) is 0 Å². The monoisotopic (exact) mass is 220 g/mol. The van der Waals surface area contributed by atoms with Gasteiger partial charge in [0.05, 0.1) is 0 Å². The van der Waals surface area contributed by atoms with Gasteiger partial charge >= 0.3 is 0 Å². The highest BCUT2D eigenvalue weighted by Gasteiger charge is 2.75. The Labute approximate surface area is 99.6 Å². The second kappa shape index (κ2) is 3.22. The number of epoxide rings is 1. The Kier molecular flexibility index (Phi) is 2.40. The molecule has 0 bridgehead atoms. The van der Waals surface area contributed by atoms with Crippen molar-refractivity contribution in [2.24, 2.45) is 5.41 Å². The number of fused-ring (bicyclic) bond motifs is 1. The maximum absolute atomic E-state index is 6.22. The zero-order chi connectivity index (χ0) is 12.2. The van der Waals surface area contributed by atoms with Gasteiger partial charge in [-0.2, -0.15) is 0 Å². The Hall–Kier alpha value is -0.560. The predicted molar refractivity (Wildman–Crippen MR) is 68.4 cm³/mol. The second-order valence-corrected chi connectivity index (χ2v) is 6.43. The van der Waals surface area contributed by atoms with Gasteiger partial charge in [0, 0.05) is 5.41 Å². The first kappa shape index (κ1) is 11.9. The Morgan fingerprint density at radius 1 is 1.19 bits per heavy atom. The van der Waals surface area contributed by atoms with Crippen LogP contribution in [0.25, 0.3) is 0 Å². The molecule has 16 heavy (non-hydrogen) atoms. The highest BCUT2D eigenvalue weighted by molar-refractivity contribution is 5.40. The molecule has 1 saturated heterocycles. The van der Waals surface area contributed by atoms with Crippen LogP contribution in [-0.2, 0) is 4.74 Å². The van der Waals surface area contributed by atoms with Crippen LogP contribution >= 0.6 is 0 Å². The smallest absolute Gasteiger partial charge is 0.124 e. The molecule has 90 valence electrons. The normalized spacial score (nSPS) is 41.4. The Bertz CT molecular complexity index is 364. The number of hydrogen-bond donors (Lipinski definition) is 0. The van der Waals surface area contributed by atoms with Crippen molar-refractivity contribution in [2.75, 3.05) is 0 Å². The number of allylic oxidation sites excluding steroid dienone is 2. The largest absolute Gasteiger partial charge is 0.357 e. The average Bonchev–Trinajstić information content (AvgIpc) is 2.73. The summed E-state index contributed by atoms with van der Waals surface area (Å²) < 4.78 is 6.22. The van der Waals surface area contributed by atoms with E-state index in [0.717, 1.165) is 5.57 Å². The van der Waals surface area contributed by atoms with Crippen LogP contribution in [0.5, 0.6) is 0 Å². The molecule has 2 unspecified atom stereocenters. The Morgan fingerprint density at radius 3 is 2.31 bits per heavy atom. The van der Waals surface area contributed by atoms with Crippen LogP contribution < -0.4 is 0 Å². The molecule has 1 aliphatic heterocycles. The van der Waals surface area contributed by atoms with Gasteiger partial charge < -0.3 is 4.74 Å². The molecule has 0 aromatic carbocycles. The van der Waals surface area contributed by atoms with Gasteiger partial charge in [0.15, 0.2) is 0 Å². The molecule has 0 spiro atoms. The summed E-state index contributed by atoms with van der Waals surface area (Å²) in [6.45, 7) is 15.2. The summed E-state index contributed by atoms with van der Waals surface area (Å²) >= 11 is 0. The predicted octanol–water partition coefficient (Wildman–Crippen LogP) is 4.25. The lowest BCUT2D eigenvalue weighted by molar-refractivity contribution is 0.155. The van der Waals surface area contributed by atoms with Gasteiger partial charge in [0.1, 0.15) is 11.2 Å². The van der Waals surface area contributed by atoms with Crippen molar-refractivity contribution < 1.29 is 4.74 Å².